The van der Waals surface area contributed by atoms with E-state index in [1.807, 2.05) is 20.8 Å². The number of aromatic hydroxyl groups is 1. The lowest BCUT2D eigenvalue weighted by atomic mass is 9.84. The van der Waals surface area contributed by atoms with Crippen LogP contribution in [0.4, 0.5) is 0 Å². The largest absolute Gasteiger partial charge is 0.507 e. The van der Waals surface area contributed by atoms with Crippen LogP contribution >= 0.6 is 0 Å². The Morgan fingerprint density at radius 3 is 2.00 bits per heavy atom. The molecule has 222 valence electrons. The van der Waals surface area contributed by atoms with Crippen LogP contribution in [0.25, 0.3) is 0 Å². The number of aliphatic carboxylic acids is 1. The van der Waals surface area contributed by atoms with Gasteiger partial charge in [-0.25, -0.2) is 4.79 Å². The molecule has 0 spiro atoms. The number of carboxylic acids is 1. The normalized spacial score (nSPS) is 18.5. The average molecular weight is 543 g/mol. The van der Waals surface area contributed by atoms with Gasteiger partial charge in [0.05, 0.1) is 0 Å². The van der Waals surface area contributed by atoms with E-state index in [1.165, 1.54) is 63.0 Å². The number of fused-ring (bicyclic) bond motifs is 1. The predicted octanol–water partition coefficient (Wildman–Crippen LogP) is 10.0. The zero-order valence-electron chi connectivity index (χ0n) is 26.5. The van der Waals surface area contributed by atoms with Crippen LogP contribution < -0.4 is 4.74 Å². The Hall–Kier alpha value is -2.23. The molecule has 0 aliphatic carbocycles. The maximum Gasteiger partial charge on any atom is 0.328 e. The van der Waals surface area contributed by atoms with Crippen molar-refractivity contribution < 1.29 is 19.7 Å². The standard InChI is InChI=1S/C29H50O2.C6H8O2/c1-20(2)12-9-13-21(3)14-10-15-22(4)16-11-18-29(8)19-17-26-25(7)27(30)23(5)24(6)28(26)31-29;1-2-3-4-5-6(7)8/h20-22,30H,9-19H2,1-8H3;2-5H,1H3,(H,7,8)/b;3-2+,5-4+/t21?,22?,29-;/m1./s1. The number of hydrogen-bond acceptors (Lipinski definition) is 3. The van der Waals surface area contributed by atoms with E-state index < -0.39 is 5.97 Å². The molecular formula is C35H58O4. The summed E-state index contributed by atoms with van der Waals surface area (Å²) in [5, 5.41) is 18.4. The molecule has 39 heavy (non-hydrogen) atoms. The third-order valence-corrected chi connectivity index (χ3v) is 8.41. The minimum Gasteiger partial charge on any atom is -0.507 e. The van der Waals surface area contributed by atoms with Gasteiger partial charge in [-0.1, -0.05) is 90.9 Å². The fourth-order valence-corrected chi connectivity index (χ4v) is 5.52. The number of carbonyl (C=O) groups is 1. The van der Waals surface area contributed by atoms with Crippen molar-refractivity contribution in [3.63, 3.8) is 0 Å². The van der Waals surface area contributed by atoms with E-state index in [9.17, 15) is 9.90 Å². The number of ether oxygens (including phenoxy) is 1. The molecule has 1 aliphatic heterocycles. The molecule has 2 rings (SSSR count). The van der Waals surface area contributed by atoms with E-state index in [-0.39, 0.29) is 5.60 Å². The summed E-state index contributed by atoms with van der Waals surface area (Å²) < 4.78 is 6.60. The molecule has 0 saturated carbocycles. The number of benzene rings is 1. The van der Waals surface area contributed by atoms with Crippen molar-refractivity contribution >= 4 is 5.97 Å². The number of carboxylic acid groups (broad SMARTS) is 1. The van der Waals surface area contributed by atoms with E-state index in [4.69, 9.17) is 9.84 Å². The number of phenols is 1. The van der Waals surface area contributed by atoms with Crippen molar-refractivity contribution in [1.29, 1.82) is 0 Å². The summed E-state index contributed by atoms with van der Waals surface area (Å²) in [4.78, 5) is 9.75. The lowest BCUT2D eigenvalue weighted by Crippen LogP contribution is -2.37. The molecule has 0 bridgehead atoms. The third kappa shape index (κ3) is 12.7. The summed E-state index contributed by atoms with van der Waals surface area (Å²) in [6.07, 6.45) is 20.0. The van der Waals surface area contributed by atoms with Crippen molar-refractivity contribution in [1.82, 2.24) is 0 Å². The summed E-state index contributed by atoms with van der Waals surface area (Å²) in [6.45, 7) is 19.8. The summed E-state index contributed by atoms with van der Waals surface area (Å²) in [5.74, 6) is 3.12. The topological polar surface area (TPSA) is 66.8 Å². The predicted molar refractivity (Wildman–Crippen MR) is 166 cm³/mol. The first-order valence-electron chi connectivity index (χ1n) is 15.3. The zero-order valence-corrected chi connectivity index (χ0v) is 26.5. The van der Waals surface area contributed by atoms with E-state index in [1.54, 1.807) is 12.2 Å². The van der Waals surface area contributed by atoms with E-state index in [0.717, 1.165) is 65.5 Å². The van der Waals surface area contributed by atoms with Crippen molar-refractivity contribution in [3.8, 4) is 11.5 Å². The molecule has 3 atom stereocenters. The van der Waals surface area contributed by atoms with Gasteiger partial charge in [-0.15, -0.1) is 0 Å². The smallest absolute Gasteiger partial charge is 0.328 e. The van der Waals surface area contributed by atoms with Gasteiger partial charge in [-0.2, -0.15) is 0 Å². The minimum atomic E-state index is -0.914. The number of phenolic OH excluding ortho intramolecular Hbond substituents is 1. The van der Waals surface area contributed by atoms with Crippen LogP contribution in [0.1, 0.15) is 128 Å². The highest BCUT2D eigenvalue weighted by Crippen LogP contribution is 2.44. The molecule has 2 unspecified atom stereocenters. The Balaban J connectivity index is 0.000000824. The molecule has 4 heteroatoms. The summed E-state index contributed by atoms with van der Waals surface area (Å²) >= 11 is 0. The highest BCUT2D eigenvalue weighted by Gasteiger charge is 2.34. The van der Waals surface area contributed by atoms with E-state index in [2.05, 4.69) is 41.5 Å². The quantitative estimate of drug-likeness (QED) is 0.181. The van der Waals surface area contributed by atoms with E-state index in [0.29, 0.717) is 5.75 Å². The first kappa shape index (κ1) is 34.8. The fraction of sp³-hybridized carbons (Fsp3) is 0.686. The summed E-state index contributed by atoms with van der Waals surface area (Å²) in [7, 11) is 0. The zero-order chi connectivity index (χ0) is 29.6. The van der Waals surface area contributed by atoms with E-state index >= 15 is 0 Å². The molecule has 4 nitrogen and oxygen atoms in total. The van der Waals surface area contributed by atoms with Crippen LogP contribution in [-0.4, -0.2) is 21.8 Å². The van der Waals surface area contributed by atoms with Crippen LogP contribution in [0.5, 0.6) is 11.5 Å². The average Bonchev–Trinajstić information content (AvgIpc) is 2.86. The third-order valence-electron chi connectivity index (χ3n) is 8.41. The fourth-order valence-electron chi connectivity index (χ4n) is 5.52. The first-order valence-corrected chi connectivity index (χ1v) is 15.3. The monoisotopic (exact) mass is 542 g/mol. The maximum atomic E-state index is 10.4. The van der Waals surface area contributed by atoms with Gasteiger partial charge >= 0.3 is 5.97 Å². The van der Waals surface area contributed by atoms with Gasteiger partial charge < -0.3 is 14.9 Å². The molecule has 2 N–H and O–H groups in total. The van der Waals surface area contributed by atoms with Crippen LogP contribution in [0, 0.1) is 38.5 Å². The summed E-state index contributed by atoms with van der Waals surface area (Å²) in [6, 6.07) is 0. The molecule has 0 radical (unpaired) electrons. The Kier molecular flexibility index (Phi) is 15.6. The van der Waals surface area contributed by atoms with Crippen molar-refractivity contribution in [2.45, 2.75) is 139 Å². The highest BCUT2D eigenvalue weighted by molar-refractivity contribution is 5.80. The molecule has 1 aromatic carbocycles. The van der Waals surface area contributed by atoms with Crippen molar-refractivity contribution in [2.75, 3.05) is 0 Å². The Morgan fingerprint density at radius 2 is 1.46 bits per heavy atom. The second-order valence-electron chi connectivity index (χ2n) is 12.7. The van der Waals surface area contributed by atoms with Crippen LogP contribution in [0.2, 0.25) is 0 Å². The number of rotatable bonds is 14. The molecule has 1 aliphatic rings. The van der Waals surface area contributed by atoms with Crippen molar-refractivity contribution in [2.24, 2.45) is 17.8 Å². The summed E-state index contributed by atoms with van der Waals surface area (Å²) in [5.41, 5.74) is 4.23. The van der Waals surface area contributed by atoms with Gasteiger partial charge in [-0.3, -0.25) is 0 Å². The minimum absolute atomic E-state index is 0.0712. The second kappa shape index (κ2) is 17.5. The molecule has 0 fully saturated rings. The van der Waals surface area contributed by atoms with Crippen LogP contribution in [0.15, 0.2) is 24.3 Å². The number of hydrogen-bond donors (Lipinski definition) is 2. The number of allylic oxidation sites excluding steroid dienone is 3. The van der Waals surface area contributed by atoms with Gasteiger partial charge in [0, 0.05) is 11.6 Å². The molecule has 0 saturated heterocycles. The van der Waals surface area contributed by atoms with Crippen LogP contribution in [0.3, 0.4) is 0 Å². The molecule has 1 aromatic rings. The highest BCUT2D eigenvalue weighted by atomic mass is 16.5. The van der Waals surface area contributed by atoms with Gasteiger partial charge in [0.15, 0.2) is 0 Å². The van der Waals surface area contributed by atoms with Gasteiger partial charge in [-0.05, 0) is 94.7 Å². The van der Waals surface area contributed by atoms with Crippen LogP contribution in [-0.2, 0) is 11.2 Å². The molecule has 1 heterocycles. The van der Waals surface area contributed by atoms with Gasteiger partial charge in [0.1, 0.15) is 17.1 Å². The van der Waals surface area contributed by atoms with Gasteiger partial charge in [0.25, 0.3) is 0 Å². The molecule has 0 amide bonds. The Morgan fingerprint density at radius 1 is 0.897 bits per heavy atom. The lowest BCUT2D eigenvalue weighted by Gasteiger charge is -2.38. The first-order chi connectivity index (χ1) is 18.3. The SMILES string of the molecule is C/C=C/C=C/C(=O)O.Cc1c(C)c2c(c(C)c1O)CC[C@@](C)(CCCC(C)CCCC(C)CCCC(C)C)O2. The Bertz CT molecular complexity index is 943. The molecule has 0 aromatic heterocycles. The second-order valence-corrected chi connectivity index (χ2v) is 12.7. The van der Waals surface area contributed by atoms with Crippen molar-refractivity contribution in [3.05, 3.63) is 46.6 Å². The van der Waals surface area contributed by atoms with Gasteiger partial charge in [0.2, 0.25) is 0 Å². The Labute approximate surface area is 239 Å². The lowest BCUT2D eigenvalue weighted by molar-refractivity contribution is -0.131. The molecular weight excluding hydrogens is 484 g/mol. The maximum absolute atomic E-state index is 10.4.